The molecule has 0 saturated heterocycles. The van der Waals surface area contributed by atoms with E-state index in [1.807, 2.05) is 30.3 Å². The van der Waals surface area contributed by atoms with Crippen LogP contribution in [0.15, 0.2) is 54.7 Å². The third-order valence-electron chi connectivity index (χ3n) is 3.21. The van der Waals surface area contributed by atoms with E-state index >= 15 is 0 Å². The highest BCUT2D eigenvalue weighted by molar-refractivity contribution is 5.60. The Labute approximate surface area is 131 Å². The molecule has 0 spiro atoms. The molecule has 1 heterocycles. The van der Waals surface area contributed by atoms with Gasteiger partial charge in [0, 0.05) is 12.7 Å². The van der Waals surface area contributed by atoms with Crippen LogP contribution >= 0.6 is 0 Å². The van der Waals surface area contributed by atoms with Crippen molar-refractivity contribution in [3.05, 3.63) is 66.4 Å². The Bertz CT molecular complexity index is 790. The number of anilines is 4. The van der Waals surface area contributed by atoms with Gasteiger partial charge in [0.05, 0.1) is 6.20 Å². The summed E-state index contributed by atoms with van der Waals surface area (Å²) in [5.74, 6) is -0.914. The van der Waals surface area contributed by atoms with E-state index in [4.69, 9.17) is 0 Å². The molecular weight excluding hydrogens is 300 g/mol. The molecule has 0 atom stereocenters. The average molecular weight is 313 g/mol. The molecule has 0 aliphatic carbocycles. The second-order valence-corrected chi connectivity index (χ2v) is 4.76. The fourth-order valence-electron chi connectivity index (χ4n) is 2.01. The van der Waals surface area contributed by atoms with Gasteiger partial charge in [0.1, 0.15) is 17.3 Å². The van der Waals surface area contributed by atoms with Gasteiger partial charge >= 0.3 is 0 Å². The molecule has 2 aromatic carbocycles. The maximum Gasteiger partial charge on any atom is 0.251 e. The fraction of sp³-hybridized carbons (Fsp3) is 0.0625. The van der Waals surface area contributed by atoms with Crippen LogP contribution in [0.5, 0.6) is 0 Å². The molecule has 1 aromatic heterocycles. The molecule has 23 heavy (non-hydrogen) atoms. The molecule has 0 aliphatic rings. The van der Waals surface area contributed by atoms with E-state index in [2.05, 4.69) is 20.5 Å². The molecule has 0 radical (unpaired) electrons. The van der Waals surface area contributed by atoms with E-state index < -0.39 is 11.6 Å². The van der Waals surface area contributed by atoms with Crippen molar-refractivity contribution < 1.29 is 8.78 Å². The summed E-state index contributed by atoms with van der Waals surface area (Å²) in [5, 5.41) is 10.4. The highest BCUT2D eigenvalue weighted by Gasteiger charge is 2.12. The number of nitrogens with zero attached hydrogens (tertiary/aromatic N) is 4. The van der Waals surface area contributed by atoms with Gasteiger partial charge in [-0.05, 0) is 24.3 Å². The van der Waals surface area contributed by atoms with Gasteiger partial charge in [-0.15, -0.1) is 5.10 Å². The van der Waals surface area contributed by atoms with Gasteiger partial charge in [0.2, 0.25) is 0 Å². The second kappa shape index (κ2) is 6.35. The van der Waals surface area contributed by atoms with Crippen LogP contribution in [-0.2, 0) is 0 Å². The maximum absolute atomic E-state index is 13.7. The minimum absolute atomic E-state index is 0.196. The lowest BCUT2D eigenvalue weighted by atomic mass is 10.3. The Morgan fingerprint density at radius 1 is 0.957 bits per heavy atom. The maximum atomic E-state index is 13.7. The Balaban J connectivity index is 1.89. The number of benzene rings is 2. The van der Waals surface area contributed by atoms with Crippen molar-refractivity contribution >= 4 is 23.1 Å². The van der Waals surface area contributed by atoms with Crippen molar-refractivity contribution in [1.29, 1.82) is 0 Å². The van der Waals surface area contributed by atoms with Crippen molar-refractivity contribution in [2.24, 2.45) is 0 Å². The van der Waals surface area contributed by atoms with Gasteiger partial charge < -0.3 is 10.2 Å². The predicted molar refractivity (Wildman–Crippen MR) is 84.0 cm³/mol. The van der Waals surface area contributed by atoms with Gasteiger partial charge in [-0.2, -0.15) is 10.1 Å². The highest BCUT2D eigenvalue weighted by atomic mass is 19.1. The summed E-state index contributed by atoms with van der Waals surface area (Å²) in [4.78, 5) is 5.95. The Hall–Kier alpha value is -3.09. The molecule has 3 rings (SSSR count). The molecule has 0 fully saturated rings. The SMILES string of the molecule is CN(c1ccccc1)c1nncc(Nc2c(F)cccc2F)n1. The fourth-order valence-corrected chi connectivity index (χ4v) is 2.01. The third-order valence-corrected chi connectivity index (χ3v) is 3.21. The van der Waals surface area contributed by atoms with Crippen LogP contribution in [0, 0.1) is 11.6 Å². The first-order chi connectivity index (χ1) is 11.1. The lowest BCUT2D eigenvalue weighted by Gasteiger charge is -2.17. The number of hydrogen-bond acceptors (Lipinski definition) is 5. The largest absolute Gasteiger partial charge is 0.334 e. The van der Waals surface area contributed by atoms with Crippen molar-refractivity contribution in [2.45, 2.75) is 0 Å². The lowest BCUT2D eigenvalue weighted by molar-refractivity contribution is 0.590. The van der Waals surface area contributed by atoms with Crippen LogP contribution < -0.4 is 10.2 Å². The summed E-state index contributed by atoms with van der Waals surface area (Å²) in [5.41, 5.74) is 0.588. The van der Waals surface area contributed by atoms with Gasteiger partial charge in [0.25, 0.3) is 5.95 Å². The van der Waals surface area contributed by atoms with Crippen molar-refractivity contribution in [1.82, 2.24) is 15.2 Å². The van der Waals surface area contributed by atoms with Crippen LogP contribution in [0.4, 0.5) is 31.9 Å². The summed E-state index contributed by atoms with van der Waals surface area (Å²) in [6, 6.07) is 13.1. The quantitative estimate of drug-likeness (QED) is 0.796. The number of rotatable bonds is 4. The van der Waals surface area contributed by atoms with E-state index in [0.29, 0.717) is 5.95 Å². The van der Waals surface area contributed by atoms with E-state index in [0.717, 1.165) is 17.8 Å². The van der Waals surface area contributed by atoms with Gasteiger partial charge in [-0.1, -0.05) is 24.3 Å². The molecule has 0 saturated carbocycles. The topological polar surface area (TPSA) is 53.9 Å². The van der Waals surface area contributed by atoms with Crippen LogP contribution in [0.1, 0.15) is 0 Å². The normalized spacial score (nSPS) is 10.4. The lowest BCUT2D eigenvalue weighted by Crippen LogP contribution is -2.14. The van der Waals surface area contributed by atoms with E-state index in [9.17, 15) is 8.78 Å². The van der Waals surface area contributed by atoms with Gasteiger partial charge in [-0.3, -0.25) is 0 Å². The van der Waals surface area contributed by atoms with E-state index in [1.165, 1.54) is 12.3 Å². The summed E-state index contributed by atoms with van der Waals surface area (Å²) < 4.78 is 27.4. The Morgan fingerprint density at radius 3 is 2.35 bits per heavy atom. The van der Waals surface area contributed by atoms with E-state index in [-0.39, 0.29) is 11.5 Å². The number of para-hydroxylation sites is 2. The van der Waals surface area contributed by atoms with Crippen LogP contribution in [0.3, 0.4) is 0 Å². The molecule has 3 aromatic rings. The zero-order valence-electron chi connectivity index (χ0n) is 12.2. The zero-order valence-corrected chi connectivity index (χ0v) is 12.2. The van der Waals surface area contributed by atoms with Gasteiger partial charge in [-0.25, -0.2) is 8.78 Å². The highest BCUT2D eigenvalue weighted by Crippen LogP contribution is 2.24. The summed E-state index contributed by atoms with van der Waals surface area (Å²) >= 11 is 0. The predicted octanol–water partition coefficient (Wildman–Crippen LogP) is 3.66. The summed E-state index contributed by atoms with van der Waals surface area (Å²) in [7, 11) is 1.78. The third kappa shape index (κ3) is 3.23. The average Bonchev–Trinajstić information content (AvgIpc) is 2.59. The van der Waals surface area contributed by atoms with Crippen LogP contribution in [0.25, 0.3) is 0 Å². The molecule has 0 aliphatic heterocycles. The van der Waals surface area contributed by atoms with Crippen molar-refractivity contribution in [3.63, 3.8) is 0 Å². The molecule has 0 unspecified atom stereocenters. The smallest absolute Gasteiger partial charge is 0.251 e. The number of halogens is 2. The zero-order chi connectivity index (χ0) is 16.2. The van der Waals surface area contributed by atoms with E-state index in [1.54, 1.807) is 11.9 Å². The summed E-state index contributed by atoms with van der Waals surface area (Å²) in [6.45, 7) is 0. The first-order valence-electron chi connectivity index (χ1n) is 6.84. The minimum atomic E-state index is -0.707. The van der Waals surface area contributed by atoms with Gasteiger partial charge in [0.15, 0.2) is 5.82 Å². The number of nitrogens with one attached hydrogen (secondary N) is 1. The number of hydrogen-bond donors (Lipinski definition) is 1. The first-order valence-corrected chi connectivity index (χ1v) is 6.84. The Kier molecular flexibility index (Phi) is 4.09. The molecular formula is C16H13F2N5. The molecule has 0 bridgehead atoms. The second-order valence-electron chi connectivity index (χ2n) is 4.76. The Morgan fingerprint density at radius 2 is 1.65 bits per heavy atom. The molecule has 0 amide bonds. The number of aromatic nitrogens is 3. The van der Waals surface area contributed by atoms with Crippen molar-refractivity contribution in [2.75, 3.05) is 17.3 Å². The van der Waals surface area contributed by atoms with Crippen LogP contribution in [-0.4, -0.2) is 22.2 Å². The molecule has 7 heteroatoms. The molecule has 1 N–H and O–H groups in total. The van der Waals surface area contributed by atoms with Crippen molar-refractivity contribution in [3.8, 4) is 0 Å². The summed E-state index contributed by atoms with van der Waals surface area (Å²) in [6.07, 6.45) is 1.30. The van der Waals surface area contributed by atoms with Crippen LogP contribution in [0.2, 0.25) is 0 Å². The minimum Gasteiger partial charge on any atom is -0.334 e. The standard InChI is InChI=1S/C16H13F2N5/c1-23(11-6-3-2-4-7-11)16-21-14(10-19-22-16)20-15-12(17)8-5-9-13(15)18/h2-10H,1H3,(H,20,21,22). The monoisotopic (exact) mass is 313 g/mol. The molecule has 5 nitrogen and oxygen atoms in total. The first kappa shape index (κ1) is 14.8. The molecule has 116 valence electrons.